The Balaban J connectivity index is 0.0000137. The molecule has 38 heavy (non-hydrogen) atoms. The summed E-state index contributed by atoms with van der Waals surface area (Å²) in [7, 11) is -4.78. The second kappa shape index (κ2) is 21.8. The second-order valence-corrected chi connectivity index (χ2v) is 11.4. The van der Waals surface area contributed by atoms with Gasteiger partial charge in [0.2, 0.25) is 0 Å². The zero-order chi connectivity index (χ0) is 27.7. The molecule has 0 bridgehead atoms. The van der Waals surface area contributed by atoms with Crippen LogP contribution in [0.15, 0.2) is 0 Å². The standard InChI is InChI=1S/C25H48O11S.Na/c1-2-3-4-5-6-7-8-9-10-11-12-13-14-15-21(27)34-16-19(26)17-35-25-24(30)23(29)22(28)20(36-25)18-37(31,32)33;/h19-20,22-26,28-30H,2-18H2,1H3,(H,31,32,33);/q;+1/p-1/t19?,20-,22+,23+,24-,25+;/m1./s1. The molecule has 13 heteroatoms. The SMILES string of the molecule is CCCCCCCCCCCCCCCC(=O)OCC(O)CO[C@H]1O[C@H](CS(=O)(=O)[O-])[C@H](O)[C@H](O)[C@H]1O.[Na+]. The Kier molecular flexibility index (Phi) is 21.9. The average molecular weight is 579 g/mol. The zero-order valence-corrected chi connectivity index (χ0v) is 25.9. The molecule has 0 radical (unpaired) electrons. The number of hydrogen-bond donors (Lipinski definition) is 4. The Morgan fingerprint density at radius 1 is 0.842 bits per heavy atom. The molecule has 0 aromatic rings. The van der Waals surface area contributed by atoms with Crippen LogP contribution in [0.3, 0.4) is 0 Å². The van der Waals surface area contributed by atoms with Gasteiger partial charge in [-0.25, -0.2) is 8.42 Å². The average Bonchev–Trinajstić information content (AvgIpc) is 2.84. The summed E-state index contributed by atoms with van der Waals surface area (Å²) < 4.78 is 48.1. The van der Waals surface area contributed by atoms with E-state index in [1.165, 1.54) is 57.8 Å². The van der Waals surface area contributed by atoms with Gasteiger partial charge in [0.1, 0.15) is 37.1 Å². The fourth-order valence-corrected chi connectivity index (χ4v) is 4.87. The van der Waals surface area contributed by atoms with Gasteiger partial charge in [0.05, 0.1) is 22.5 Å². The number of aliphatic hydroxyl groups excluding tert-OH is 4. The maximum atomic E-state index is 11.9. The molecule has 6 atom stereocenters. The topological polar surface area (TPSA) is 183 Å². The number of carbonyl (C=O) groups is 1. The summed E-state index contributed by atoms with van der Waals surface area (Å²) in [4.78, 5) is 11.9. The number of ether oxygens (including phenoxy) is 3. The van der Waals surface area contributed by atoms with Gasteiger partial charge in [-0.2, -0.15) is 0 Å². The van der Waals surface area contributed by atoms with Crippen LogP contribution in [0, 0.1) is 0 Å². The van der Waals surface area contributed by atoms with E-state index in [1.54, 1.807) is 0 Å². The van der Waals surface area contributed by atoms with Gasteiger partial charge in [0, 0.05) is 6.42 Å². The van der Waals surface area contributed by atoms with Crippen molar-refractivity contribution in [3.05, 3.63) is 0 Å². The fourth-order valence-electron chi connectivity index (χ4n) is 4.20. The van der Waals surface area contributed by atoms with E-state index in [4.69, 9.17) is 14.2 Å². The number of rotatable bonds is 21. The Morgan fingerprint density at radius 2 is 1.34 bits per heavy atom. The number of hydrogen-bond acceptors (Lipinski definition) is 11. The Morgan fingerprint density at radius 3 is 1.84 bits per heavy atom. The van der Waals surface area contributed by atoms with Gasteiger partial charge in [0.25, 0.3) is 0 Å². The van der Waals surface area contributed by atoms with Gasteiger partial charge in [-0.05, 0) is 6.42 Å². The molecular weight excluding hydrogens is 531 g/mol. The normalized spacial score (nSPS) is 24.5. The summed E-state index contributed by atoms with van der Waals surface area (Å²) in [6.07, 6.45) is 5.99. The van der Waals surface area contributed by atoms with Crippen LogP contribution in [0.25, 0.3) is 0 Å². The van der Waals surface area contributed by atoms with Crippen LogP contribution < -0.4 is 29.6 Å². The molecule has 1 saturated heterocycles. The van der Waals surface area contributed by atoms with Crippen molar-refractivity contribution in [2.75, 3.05) is 19.0 Å². The van der Waals surface area contributed by atoms with Crippen molar-refractivity contribution in [1.82, 2.24) is 0 Å². The summed E-state index contributed by atoms with van der Waals surface area (Å²) in [6.45, 7) is 1.40. The first-order valence-corrected chi connectivity index (χ1v) is 15.2. The molecule has 0 amide bonds. The van der Waals surface area contributed by atoms with E-state index < -0.39 is 65.3 Å². The Hall–Kier alpha value is 0.140. The predicted octanol–water partition coefficient (Wildman–Crippen LogP) is -1.25. The third-order valence-corrected chi connectivity index (χ3v) is 7.15. The van der Waals surface area contributed by atoms with Crippen molar-refractivity contribution < 1.29 is 82.0 Å². The van der Waals surface area contributed by atoms with E-state index >= 15 is 0 Å². The van der Waals surface area contributed by atoms with E-state index in [-0.39, 0.29) is 42.6 Å². The summed E-state index contributed by atoms with van der Waals surface area (Å²) in [6, 6.07) is 0. The monoisotopic (exact) mass is 578 g/mol. The zero-order valence-electron chi connectivity index (χ0n) is 23.0. The van der Waals surface area contributed by atoms with E-state index in [2.05, 4.69) is 6.92 Å². The molecule has 220 valence electrons. The van der Waals surface area contributed by atoms with E-state index in [0.29, 0.717) is 6.42 Å². The predicted molar refractivity (Wildman–Crippen MR) is 134 cm³/mol. The third-order valence-electron chi connectivity index (χ3n) is 6.41. The molecule has 0 saturated carbocycles. The van der Waals surface area contributed by atoms with Crippen LogP contribution >= 0.6 is 0 Å². The van der Waals surface area contributed by atoms with Crippen LogP contribution in [0.1, 0.15) is 96.8 Å². The van der Waals surface area contributed by atoms with Gasteiger partial charge in [-0.3, -0.25) is 4.79 Å². The van der Waals surface area contributed by atoms with Gasteiger partial charge >= 0.3 is 35.5 Å². The van der Waals surface area contributed by atoms with Gasteiger partial charge in [-0.1, -0.05) is 84.0 Å². The minimum absolute atomic E-state index is 0. The fraction of sp³-hybridized carbons (Fsp3) is 0.960. The van der Waals surface area contributed by atoms with Crippen molar-refractivity contribution >= 4 is 16.1 Å². The number of unbranched alkanes of at least 4 members (excludes halogenated alkanes) is 12. The maximum Gasteiger partial charge on any atom is 1.00 e. The molecule has 0 aromatic carbocycles. The summed E-state index contributed by atoms with van der Waals surface area (Å²) in [5.74, 6) is -1.58. The van der Waals surface area contributed by atoms with Crippen LogP contribution in [0.4, 0.5) is 0 Å². The first-order chi connectivity index (χ1) is 17.5. The van der Waals surface area contributed by atoms with Crippen LogP contribution in [-0.2, 0) is 29.1 Å². The van der Waals surface area contributed by atoms with E-state index in [9.17, 15) is 38.2 Å². The van der Waals surface area contributed by atoms with Gasteiger partial charge in [-0.15, -0.1) is 0 Å². The molecule has 4 N–H and O–H groups in total. The first-order valence-electron chi connectivity index (χ1n) is 13.6. The summed E-state index contributed by atoms with van der Waals surface area (Å²) >= 11 is 0. The van der Waals surface area contributed by atoms with Gasteiger partial charge < -0.3 is 39.2 Å². The third kappa shape index (κ3) is 17.8. The number of esters is 1. The van der Waals surface area contributed by atoms with Crippen LogP contribution in [0.5, 0.6) is 0 Å². The van der Waals surface area contributed by atoms with Crippen molar-refractivity contribution in [2.45, 2.75) is 134 Å². The molecule has 0 spiro atoms. The molecule has 1 aliphatic rings. The molecule has 11 nitrogen and oxygen atoms in total. The molecular formula is C25H47NaO11S. The number of carbonyl (C=O) groups excluding carboxylic acids is 1. The van der Waals surface area contributed by atoms with Crippen LogP contribution in [0.2, 0.25) is 0 Å². The van der Waals surface area contributed by atoms with Crippen molar-refractivity contribution in [3.63, 3.8) is 0 Å². The molecule has 1 fully saturated rings. The van der Waals surface area contributed by atoms with E-state index in [1.807, 2.05) is 0 Å². The molecule has 1 aliphatic heterocycles. The summed E-state index contributed by atoms with van der Waals surface area (Å²) in [5, 5.41) is 39.6. The largest absolute Gasteiger partial charge is 1.00 e. The number of aliphatic hydroxyl groups is 4. The second-order valence-electron chi connectivity index (χ2n) is 9.90. The molecule has 1 unspecified atom stereocenters. The first kappa shape index (κ1) is 38.1. The van der Waals surface area contributed by atoms with Crippen molar-refractivity contribution in [2.24, 2.45) is 0 Å². The molecule has 1 rings (SSSR count). The molecule has 0 aliphatic carbocycles. The smallest absolute Gasteiger partial charge is 0.748 e. The van der Waals surface area contributed by atoms with E-state index in [0.717, 1.165) is 19.3 Å². The summed E-state index contributed by atoms with van der Waals surface area (Å²) in [5.41, 5.74) is 0. The minimum atomic E-state index is -4.78. The van der Waals surface area contributed by atoms with Crippen molar-refractivity contribution in [1.29, 1.82) is 0 Å². The molecule has 1 heterocycles. The van der Waals surface area contributed by atoms with Gasteiger partial charge in [0.15, 0.2) is 6.29 Å². The quantitative estimate of drug-likeness (QED) is 0.0552. The van der Waals surface area contributed by atoms with Crippen molar-refractivity contribution in [3.8, 4) is 0 Å². The minimum Gasteiger partial charge on any atom is -0.748 e. The Labute approximate surface area is 249 Å². The van der Waals surface area contributed by atoms with Crippen LogP contribution in [-0.4, -0.2) is 95.1 Å². The maximum absolute atomic E-state index is 11.9. The molecule has 0 aromatic heterocycles. The Bertz CT molecular complexity index is 709.